The van der Waals surface area contributed by atoms with E-state index in [0.29, 0.717) is 17.1 Å². The zero-order valence-electron chi connectivity index (χ0n) is 25.5. The fourth-order valence-corrected chi connectivity index (χ4v) is 7.58. The predicted octanol–water partition coefficient (Wildman–Crippen LogP) is 6.33. The summed E-state index contributed by atoms with van der Waals surface area (Å²) in [6.07, 6.45) is -2.65. The van der Waals surface area contributed by atoms with Gasteiger partial charge in [0.1, 0.15) is 29.3 Å². The van der Waals surface area contributed by atoms with Crippen LogP contribution in [0, 0.1) is 0 Å². The minimum Gasteiger partial charge on any atom is -0.497 e. The van der Waals surface area contributed by atoms with Crippen LogP contribution in [0.4, 0.5) is 0 Å². The fourth-order valence-electron chi connectivity index (χ4n) is 6.30. The minimum absolute atomic E-state index is 0.139. The SMILES string of the molecule is COc1ccc2c(c1)[C@]1(C)O[C@H](O2)[C@@H](OCc2ccccc2)[C@H](NS(=O)(=O)c2ccc3ccccc3c2)[C@H]1OCc1ccccc1. The van der Waals surface area contributed by atoms with Crippen molar-refractivity contribution in [2.45, 2.75) is 55.2 Å². The van der Waals surface area contributed by atoms with Crippen molar-refractivity contribution in [2.75, 3.05) is 7.11 Å². The quantitative estimate of drug-likeness (QED) is 0.191. The molecule has 0 aliphatic carbocycles. The van der Waals surface area contributed by atoms with Gasteiger partial charge in [-0.25, -0.2) is 13.1 Å². The number of methoxy groups -OCH3 is 1. The van der Waals surface area contributed by atoms with Crippen LogP contribution in [0.25, 0.3) is 10.8 Å². The van der Waals surface area contributed by atoms with Gasteiger partial charge in [-0.05, 0) is 59.2 Å². The number of sulfonamides is 1. The molecule has 2 bridgehead atoms. The number of ether oxygens (including phenoxy) is 5. The molecule has 0 saturated carbocycles. The number of nitrogens with one attached hydrogen (secondary N) is 1. The van der Waals surface area contributed by atoms with Crippen molar-refractivity contribution in [3.63, 3.8) is 0 Å². The summed E-state index contributed by atoms with van der Waals surface area (Å²) in [5.41, 5.74) is 1.42. The molecule has 0 aromatic heterocycles. The van der Waals surface area contributed by atoms with Crippen molar-refractivity contribution in [3.8, 4) is 11.5 Å². The van der Waals surface area contributed by atoms with E-state index >= 15 is 0 Å². The van der Waals surface area contributed by atoms with Crippen LogP contribution in [-0.2, 0) is 43.0 Å². The van der Waals surface area contributed by atoms with Gasteiger partial charge in [-0.3, -0.25) is 0 Å². The van der Waals surface area contributed by atoms with Gasteiger partial charge in [0.15, 0.2) is 0 Å². The van der Waals surface area contributed by atoms with Crippen molar-refractivity contribution < 1.29 is 32.1 Å². The highest BCUT2D eigenvalue weighted by Gasteiger charge is 2.59. The summed E-state index contributed by atoms with van der Waals surface area (Å²) in [5.74, 6) is 1.21. The lowest BCUT2D eigenvalue weighted by molar-refractivity contribution is -0.318. The van der Waals surface area contributed by atoms with Crippen LogP contribution in [0.3, 0.4) is 0 Å². The van der Waals surface area contributed by atoms with Crippen LogP contribution in [0.15, 0.2) is 126 Å². The molecule has 7 rings (SSSR count). The van der Waals surface area contributed by atoms with Gasteiger partial charge in [-0.2, -0.15) is 0 Å². The molecule has 5 aromatic rings. The molecule has 46 heavy (non-hydrogen) atoms. The molecule has 0 amide bonds. The zero-order valence-corrected chi connectivity index (χ0v) is 26.4. The van der Waals surface area contributed by atoms with Crippen molar-refractivity contribution in [1.82, 2.24) is 4.72 Å². The molecule has 0 spiro atoms. The summed E-state index contributed by atoms with van der Waals surface area (Å²) in [6.45, 7) is 2.33. The van der Waals surface area contributed by atoms with Crippen LogP contribution >= 0.6 is 0 Å². The molecule has 5 atom stereocenters. The van der Waals surface area contributed by atoms with E-state index in [0.717, 1.165) is 21.9 Å². The number of fused-ring (bicyclic) bond motifs is 5. The maximum absolute atomic E-state index is 14.2. The van der Waals surface area contributed by atoms with Gasteiger partial charge in [0.2, 0.25) is 16.3 Å². The smallest absolute Gasteiger partial charge is 0.241 e. The largest absolute Gasteiger partial charge is 0.497 e. The van der Waals surface area contributed by atoms with Gasteiger partial charge in [0.25, 0.3) is 0 Å². The van der Waals surface area contributed by atoms with E-state index < -0.39 is 40.2 Å². The lowest BCUT2D eigenvalue weighted by atomic mass is 9.79. The summed E-state index contributed by atoms with van der Waals surface area (Å²) in [7, 11) is -2.48. The van der Waals surface area contributed by atoms with Gasteiger partial charge in [0, 0.05) is 5.56 Å². The van der Waals surface area contributed by atoms with E-state index in [1.54, 1.807) is 19.2 Å². The number of hydrogen-bond donors (Lipinski definition) is 1. The summed E-state index contributed by atoms with van der Waals surface area (Å²) in [4.78, 5) is 0.139. The molecule has 1 saturated heterocycles. The summed E-state index contributed by atoms with van der Waals surface area (Å²) in [5, 5.41) is 1.76. The number of rotatable bonds is 10. The molecule has 2 aliphatic rings. The van der Waals surface area contributed by atoms with Gasteiger partial charge in [-0.15, -0.1) is 0 Å². The fraction of sp³-hybridized carbons (Fsp3) is 0.243. The summed E-state index contributed by atoms with van der Waals surface area (Å²) in [6, 6.07) is 36.8. The number of benzene rings is 5. The first kappa shape index (κ1) is 30.4. The Balaban J connectivity index is 1.32. The maximum atomic E-state index is 14.2. The highest BCUT2D eigenvalue weighted by atomic mass is 32.2. The third-order valence-electron chi connectivity index (χ3n) is 8.70. The Labute approximate surface area is 268 Å². The van der Waals surface area contributed by atoms with Gasteiger partial charge in [0.05, 0.1) is 31.3 Å². The molecule has 2 aliphatic heterocycles. The average Bonchev–Trinajstić information content (AvgIpc) is 3.08. The Bertz CT molecular complexity index is 1940. The van der Waals surface area contributed by atoms with Crippen molar-refractivity contribution in [3.05, 3.63) is 138 Å². The lowest BCUT2D eigenvalue weighted by Crippen LogP contribution is -2.70. The Morgan fingerprint density at radius 1 is 0.761 bits per heavy atom. The summed E-state index contributed by atoms with van der Waals surface area (Å²) < 4.78 is 63.3. The van der Waals surface area contributed by atoms with Crippen LogP contribution in [0.5, 0.6) is 11.5 Å². The van der Waals surface area contributed by atoms with E-state index in [1.165, 1.54) is 0 Å². The lowest BCUT2D eigenvalue weighted by Gasteiger charge is -2.54. The minimum atomic E-state index is -4.08. The van der Waals surface area contributed by atoms with E-state index in [-0.39, 0.29) is 18.1 Å². The standard InChI is InChI=1S/C37H35NO7S/c1-37-31-22-29(41-2)18-20-32(31)44-36(45-37)34(42-23-25-11-5-3-6-12-25)33(35(37)43-24-26-13-7-4-8-14-26)38-46(39,40)30-19-17-27-15-9-10-16-28(27)21-30/h3-22,33-36,38H,23-24H2,1-2H3/t33-,34-,35+,36-,37-/m0/s1. The molecular weight excluding hydrogens is 602 g/mol. The predicted molar refractivity (Wildman–Crippen MR) is 174 cm³/mol. The summed E-state index contributed by atoms with van der Waals surface area (Å²) >= 11 is 0. The topological polar surface area (TPSA) is 92.3 Å². The third kappa shape index (κ3) is 5.88. The van der Waals surface area contributed by atoms with Gasteiger partial charge in [-0.1, -0.05) is 91.0 Å². The molecule has 8 nitrogen and oxygen atoms in total. The van der Waals surface area contributed by atoms with Crippen LogP contribution in [0.1, 0.15) is 23.6 Å². The van der Waals surface area contributed by atoms with Crippen LogP contribution in [0.2, 0.25) is 0 Å². The second-order valence-electron chi connectivity index (χ2n) is 11.7. The molecule has 1 N–H and O–H groups in total. The first-order valence-electron chi connectivity index (χ1n) is 15.2. The van der Waals surface area contributed by atoms with Crippen molar-refractivity contribution >= 4 is 20.8 Å². The molecule has 0 unspecified atom stereocenters. The van der Waals surface area contributed by atoms with Crippen molar-refractivity contribution in [1.29, 1.82) is 0 Å². The van der Waals surface area contributed by atoms with Crippen LogP contribution < -0.4 is 14.2 Å². The first-order valence-corrected chi connectivity index (χ1v) is 16.7. The normalized spacial score (nSPS) is 23.8. The third-order valence-corrected chi connectivity index (χ3v) is 10.2. The average molecular weight is 638 g/mol. The van der Waals surface area contributed by atoms with Crippen LogP contribution in [-0.4, -0.2) is 40.1 Å². The number of hydrogen-bond acceptors (Lipinski definition) is 7. The molecule has 0 radical (unpaired) electrons. The zero-order chi connectivity index (χ0) is 31.7. The maximum Gasteiger partial charge on any atom is 0.241 e. The Kier molecular flexibility index (Phi) is 8.27. The molecular formula is C37H35NO7S. The van der Waals surface area contributed by atoms with E-state index in [4.69, 9.17) is 23.7 Å². The van der Waals surface area contributed by atoms with Gasteiger partial charge < -0.3 is 23.7 Å². The second-order valence-corrected chi connectivity index (χ2v) is 13.4. The molecule has 9 heteroatoms. The van der Waals surface area contributed by atoms with Crippen molar-refractivity contribution in [2.24, 2.45) is 0 Å². The van der Waals surface area contributed by atoms with E-state index in [2.05, 4.69) is 4.72 Å². The highest BCUT2D eigenvalue weighted by molar-refractivity contribution is 7.89. The Hall–Kier alpha value is -4.25. The Morgan fingerprint density at radius 2 is 1.41 bits per heavy atom. The highest BCUT2D eigenvalue weighted by Crippen LogP contribution is 2.50. The van der Waals surface area contributed by atoms with E-state index in [9.17, 15) is 8.42 Å². The van der Waals surface area contributed by atoms with E-state index in [1.807, 2.05) is 116 Å². The Morgan fingerprint density at radius 3 is 2.11 bits per heavy atom. The van der Waals surface area contributed by atoms with Gasteiger partial charge >= 0.3 is 0 Å². The second kappa shape index (κ2) is 12.5. The molecule has 236 valence electrons. The molecule has 2 heterocycles. The molecule has 5 aromatic carbocycles. The molecule has 1 fully saturated rings. The monoisotopic (exact) mass is 637 g/mol. The first-order chi connectivity index (χ1) is 22.3.